The normalized spacial score (nSPS) is 11.1. The Kier molecular flexibility index (Phi) is 5.60. The quantitative estimate of drug-likeness (QED) is 0.250. The maximum atomic E-state index is 13.1. The molecule has 0 fully saturated rings. The Morgan fingerprint density at radius 3 is 2.55 bits per heavy atom. The van der Waals surface area contributed by atoms with Crippen LogP contribution in [0.15, 0.2) is 69.9 Å². The molecule has 2 aromatic heterocycles. The number of thiophene rings is 1. The molecule has 0 saturated carbocycles. The van der Waals surface area contributed by atoms with Gasteiger partial charge in [-0.25, -0.2) is 9.37 Å². The van der Waals surface area contributed by atoms with E-state index in [9.17, 15) is 14.0 Å². The predicted octanol–water partition coefficient (Wildman–Crippen LogP) is 4.93. The van der Waals surface area contributed by atoms with Gasteiger partial charge in [-0.3, -0.25) is 14.2 Å². The zero-order valence-electron chi connectivity index (χ0n) is 15.6. The molecule has 0 N–H and O–H groups in total. The molecule has 0 atom stereocenters. The second-order valence-electron chi connectivity index (χ2n) is 6.62. The van der Waals surface area contributed by atoms with E-state index in [2.05, 4.69) is 4.98 Å². The third kappa shape index (κ3) is 4.31. The van der Waals surface area contributed by atoms with Crippen molar-refractivity contribution in [3.05, 3.63) is 92.8 Å². The highest BCUT2D eigenvalue weighted by Crippen LogP contribution is 2.23. The Morgan fingerprint density at radius 2 is 1.83 bits per heavy atom. The molecule has 4 nitrogen and oxygen atoms in total. The number of halogens is 1. The van der Waals surface area contributed by atoms with Crippen LogP contribution in [0.5, 0.6) is 0 Å². The van der Waals surface area contributed by atoms with Gasteiger partial charge in [0.2, 0.25) is 0 Å². The summed E-state index contributed by atoms with van der Waals surface area (Å²) in [7, 11) is 0. The van der Waals surface area contributed by atoms with E-state index in [1.807, 2.05) is 42.6 Å². The van der Waals surface area contributed by atoms with Crippen molar-refractivity contribution in [2.75, 3.05) is 5.75 Å². The lowest BCUT2D eigenvalue weighted by Gasteiger charge is -2.12. The van der Waals surface area contributed by atoms with Gasteiger partial charge in [0.05, 0.1) is 17.8 Å². The van der Waals surface area contributed by atoms with E-state index in [1.165, 1.54) is 47.4 Å². The van der Waals surface area contributed by atoms with Crippen molar-refractivity contribution in [1.29, 1.82) is 0 Å². The summed E-state index contributed by atoms with van der Waals surface area (Å²) >= 11 is 2.59. The van der Waals surface area contributed by atoms with Crippen molar-refractivity contribution < 1.29 is 9.18 Å². The molecule has 7 heteroatoms. The minimum atomic E-state index is -0.384. The van der Waals surface area contributed by atoms with Crippen molar-refractivity contribution in [2.24, 2.45) is 0 Å². The van der Waals surface area contributed by atoms with Gasteiger partial charge in [0.25, 0.3) is 5.56 Å². The molecule has 0 aliphatic heterocycles. The first-order chi connectivity index (χ1) is 14.0. The highest BCUT2D eigenvalue weighted by molar-refractivity contribution is 7.99. The summed E-state index contributed by atoms with van der Waals surface area (Å²) in [5.74, 6) is -0.413. The Bertz CT molecular complexity index is 1230. The van der Waals surface area contributed by atoms with Crippen LogP contribution in [0.4, 0.5) is 4.39 Å². The first-order valence-corrected chi connectivity index (χ1v) is 10.8. The van der Waals surface area contributed by atoms with Gasteiger partial charge in [-0.15, -0.1) is 11.3 Å². The van der Waals surface area contributed by atoms with E-state index in [-0.39, 0.29) is 22.9 Å². The van der Waals surface area contributed by atoms with Crippen LogP contribution in [0.1, 0.15) is 21.5 Å². The monoisotopic (exact) mass is 424 g/mol. The van der Waals surface area contributed by atoms with Crippen LogP contribution in [0.25, 0.3) is 10.2 Å². The molecule has 4 aromatic rings. The van der Waals surface area contributed by atoms with Gasteiger partial charge in [-0.2, -0.15) is 0 Å². The number of nitrogens with zero attached hydrogens (tertiary/aromatic N) is 2. The van der Waals surface area contributed by atoms with Gasteiger partial charge in [-0.1, -0.05) is 41.6 Å². The maximum Gasteiger partial charge on any atom is 0.272 e. The molecule has 0 bridgehead atoms. The van der Waals surface area contributed by atoms with Crippen LogP contribution in [0.3, 0.4) is 0 Å². The molecule has 0 saturated heterocycles. The topological polar surface area (TPSA) is 52.0 Å². The number of hydrogen-bond acceptors (Lipinski definition) is 5. The summed E-state index contributed by atoms with van der Waals surface area (Å²) in [6.45, 7) is 2.39. The Morgan fingerprint density at radius 1 is 1.10 bits per heavy atom. The van der Waals surface area contributed by atoms with Gasteiger partial charge in [0, 0.05) is 5.56 Å². The number of fused-ring (bicyclic) bond motifs is 1. The van der Waals surface area contributed by atoms with Crippen LogP contribution < -0.4 is 5.56 Å². The lowest BCUT2D eigenvalue weighted by Crippen LogP contribution is -2.23. The van der Waals surface area contributed by atoms with Crippen molar-refractivity contribution in [2.45, 2.75) is 18.6 Å². The second kappa shape index (κ2) is 8.31. The number of ketones is 1. The van der Waals surface area contributed by atoms with Crippen molar-refractivity contribution in [3.8, 4) is 0 Å². The molecule has 2 aromatic carbocycles. The molecular formula is C22H17FN2O2S2. The number of thioether (sulfide) groups is 1. The summed E-state index contributed by atoms with van der Waals surface area (Å²) in [6, 6.07) is 15.2. The van der Waals surface area contributed by atoms with E-state index in [0.717, 1.165) is 11.1 Å². The zero-order valence-corrected chi connectivity index (χ0v) is 17.2. The maximum absolute atomic E-state index is 13.1. The average molecular weight is 425 g/mol. The SMILES string of the molecule is Cc1ccc(Cn2c(SCC(=O)c3ccc(F)cc3)nc3ccsc3c2=O)cc1. The van der Waals surface area contributed by atoms with Gasteiger partial charge >= 0.3 is 0 Å². The van der Waals surface area contributed by atoms with Crippen LogP contribution in [0.2, 0.25) is 0 Å². The summed E-state index contributed by atoms with van der Waals surface area (Å²) < 4.78 is 15.3. The number of rotatable bonds is 6. The standard InChI is InChI=1S/C22H17FN2O2S2/c1-14-2-4-15(5-3-14)12-25-21(27)20-18(10-11-28-20)24-22(25)29-13-19(26)16-6-8-17(23)9-7-16/h2-11H,12-13H2,1H3. The molecule has 0 amide bonds. The Labute approximate surface area is 175 Å². The number of hydrogen-bond donors (Lipinski definition) is 0. The van der Waals surface area contributed by atoms with Crippen LogP contribution in [0, 0.1) is 12.7 Å². The van der Waals surface area contributed by atoms with E-state index >= 15 is 0 Å². The number of aromatic nitrogens is 2. The van der Waals surface area contributed by atoms with E-state index < -0.39 is 0 Å². The van der Waals surface area contributed by atoms with Crippen molar-refractivity contribution in [1.82, 2.24) is 9.55 Å². The molecule has 146 valence electrons. The fraction of sp³-hybridized carbons (Fsp3) is 0.136. The minimum absolute atomic E-state index is 0.109. The molecule has 0 radical (unpaired) electrons. The first-order valence-electron chi connectivity index (χ1n) is 8.96. The lowest BCUT2D eigenvalue weighted by atomic mass is 10.1. The fourth-order valence-corrected chi connectivity index (χ4v) is 4.57. The molecule has 0 aliphatic carbocycles. The summed E-state index contributed by atoms with van der Waals surface area (Å²) in [5.41, 5.74) is 3.09. The van der Waals surface area contributed by atoms with Crippen LogP contribution in [-0.2, 0) is 6.54 Å². The van der Waals surface area contributed by atoms with Gasteiger partial charge in [-0.05, 0) is 48.2 Å². The predicted molar refractivity (Wildman–Crippen MR) is 116 cm³/mol. The Hall–Kier alpha value is -2.77. The highest BCUT2D eigenvalue weighted by Gasteiger charge is 2.15. The summed E-state index contributed by atoms with van der Waals surface area (Å²) in [6.07, 6.45) is 0. The van der Waals surface area contributed by atoms with Crippen molar-refractivity contribution >= 4 is 39.1 Å². The van der Waals surface area contributed by atoms with Gasteiger partial charge in [0.1, 0.15) is 10.5 Å². The zero-order chi connectivity index (χ0) is 20.4. The number of benzene rings is 2. The lowest BCUT2D eigenvalue weighted by molar-refractivity contribution is 0.102. The number of carbonyl (C=O) groups is 1. The minimum Gasteiger partial charge on any atom is -0.293 e. The van der Waals surface area contributed by atoms with Gasteiger partial charge < -0.3 is 0 Å². The van der Waals surface area contributed by atoms with E-state index in [4.69, 9.17) is 0 Å². The third-order valence-corrected chi connectivity index (χ3v) is 6.36. The molecule has 0 spiro atoms. The number of aryl methyl sites for hydroxylation is 1. The number of Topliss-reactive ketones (excluding diaryl/α,β-unsaturated/α-hetero) is 1. The van der Waals surface area contributed by atoms with Crippen molar-refractivity contribution in [3.63, 3.8) is 0 Å². The molecule has 29 heavy (non-hydrogen) atoms. The molecular weight excluding hydrogens is 407 g/mol. The summed E-state index contributed by atoms with van der Waals surface area (Å²) in [4.78, 5) is 30.1. The molecule has 0 unspecified atom stereocenters. The second-order valence-corrected chi connectivity index (χ2v) is 8.48. The number of carbonyl (C=O) groups excluding carboxylic acids is 1. The first kappa shape index (κ1) is 19.5. The van der Waals surface area contributed by atoms with E-state index in [0.29, 0.717) is 27.5 Å². The smallest absolute Gasteiger partial charge is 0.272 e. The highest BCUT2D eigenvalue weighted by atomic mass is 32.2. The Balaban J connectivity index is 1.65. The summed E-state index contributed by atoms with van der Waals surface area (Å²) in [5, 5.41) is 2.34. The fourth-order valence-electron chi connectivity index (χ4n) is 2.90. The molecule has 0 aliphatic rings. The third-order valence-electron chi connectivity index (χ3n) is 4.49. The van der Waals surface area contributed by atoms with Gasteiger partial charge in [0.15, 0.2) is 10.9 Å². The molecule has 2 heterocycles. The van der Waals surface area contributed by atoms with Crippen LogP contribution in [-0.4, -0.2) is 21.1 Å². The van der Waals surface area contributed by atoms with E-state index in [1.54, 1.807) is 4.57 Å². The van der Waals surface area contributed by atoms with Crippen LogP contribution >= 0.6 is 23.1 Å². The average Bonchev–Trinajstić information content (AvgIpc) is 3.19. The largest absolute Gasteiger partial charge is 0.293 e. The molecule has 4 rings (SSSR count).